The fraction of sp³-hybridized carbons (Fsp3) is 0.200. The fourth-order valence-corrected chi connectivity index (χ4v) is 5.29. The molecular weight excluding hydrogens is 491 g/mol. The number of halogens is 2. The van der Waals surface area contributed by atoms with Gasteiger partial charge >= 0.3 is 0 Å². The summed E-state index contributed by atoms with van der Waals surface area (Å²) in [5.74, 6) is -0.593. The molecule has 1 fully saturated rings. The third-order valence-corrected chi connectivity index (χ3v) is 7.22. The highest BCUT2D eigenvalue weighted by molar-refractivity contribution is 7.10. The van der Waals surface area contributed by atoms with Crippen molar-refractivity contribution in [3.63, 3.8) is 0 Å². The van der Waals surface area contributed by atoms with E-state index < -0.39 is 11.7 Å². The number of thiazole rings is 1. The molecule has 178 valence electrons. The van der Waals surface area contributed by atoms with Crippen LogP contribution in [0.15, 0.2) is 64.9 Å². The van der Waals surface area contributed by atoms with Gasteiger partial charge in [0.25, 0.3) is 11.8 Å². The van der Waals surface area contributed by atoms with Crippen molar-refractivity contribution in [2.24, 2.45) is 0 Å². The first kappa shape index (κ1) is 23.2. The standard InChI is InChI=1S/C25H20ClFN4O3S/c26-18-5-2-6-19(27)22(18)25(33)31-9-7-15(8-10-31)24-30-20(13-35-24)23(32)29-17-4-1-3-16(11-17)21-12-28-14-34-21/h1-6,11-15H,7-10H2,(H,29,32). The van der Waals surface area contributed by atoms with E-state index in [1.165, 1.54) is 35.9 Å². The molecule has 1 N–H and O–H groups in total. The SMILES string of the molecule is O=C(Nc1cccc(-c2cnco2)c1)c1csc(C2CCN(C(=O)c3c(F)cccc3Cl)CC2)n1. The van der Waals surface area contributed by atoms with E-state index in [1.54, 1.807) is 28.6 Å². The number of nitrogens with zero attached hydrogens (tertiary/aromatic N) is 3. The first-order valence-corrected chi connectivity index (χ1v) is 12.2. The van der Waals surface area contributed by atoms with Gasteiger partial charge in [-0.2, -0.15) is 0 Å². The highest BCUT2D eigenvalue weighted by Gasteiger charge is 2.29. The zero-order valence-electron chi connectivity index (χ0n) is 18.4. The molecule has 0 spiro atoms. The molecule has 0 bridgehead atoms. The van der Waals surface area contributed by atoms with Gasteiger partial charge in [-0.3, -0.25) is 9.59 Å². The van der Waals surface area contributed by atoms with Gasteiger partial charge in [-0.05, 0) is 37.1 Å². The Kier molecular flexibility index (Phi) is 6.61. The van der Waals surface area contributed by atoms with Gasteiger partial charge in [0.1, 0.15) is 11.5 Å². The van der Waals surface area contributed by atoms with Gasteiger partial charge in [-0.25, -0.2) is 14.4 Å². The minimum absolute atomic E-state index is 0.0896. The van der Waals surface area contributed by atoms with Gasteiger partial charge in [0.15, 0.2) is 12.2 Å². The summed E-state index contributed by atoms with van der Waals surface area (Å²) in [4.78, 5) is 35.6. The molecule has 1 aliphatic rings. The number of benzene rings is 2. The number of rotatable bonds is 5. The van der Waals surface area contributed by atoms with Crippen LogP contribution in [0.4, 0.5) is 10.1 Å². The quantitative estimate of drug-likeness (QED) is 0.363. The monoisotopic (exact) mass is 510 g/mol. The summed E-state index contributed by atoms with van der Waals surface area (Å²) in [7, 11) is 0. The predicted molar refractivity (Wildman–Crippen MR) is 131 cm³/mol. The van der Waals surface area contributed by atoms with E-state index in [0.29, 0.717) is 43.1 Å². The molecule has 5 rings (SSSR count). The van der Waals surface area contributed by atoms with Gasteiger partial charge in [0, 0.05) is 35.6 Å². The minimum atomic E-state index is -0.619. The third kappa shape index (κ3) is 4.96. The van der Waals surface area contributed by atoms with Gasteiger partial charge in [-0.1, -0.05) is 29.8 Å². The third-order valence-electron chi connectivity index (χ3n) is 5.90. The van der Waals surface area contributed by atoms with Crippen LogP contribution < -0.4 is 5.32 Å². The number of hydrogen-bond acceptors (Lipinski definition) is 6. The van der Waals surface area contributed by atoms with Crippen molar-refractivity contribution in [1.82, 2.24) is 14.9 Å². The molecule has 1 aliphatic heterocycles. The maximum atomic E-state index is 14.1. The van der Waals surface area contributed by atoms with Crippen LogP contribution in [0.3, 0.4) is 0 Å². The molecule has 0 saturated carbocycles. The van der Waals surface area contributed by atoms with Gasteiger partial charge < -0.3 is 14.6 Å². The van der Waals surface area contributed by atoms with Crippen LogP contribution >= 0.6 is 22.9 Å². The Hall–Kier alpha value is -3.56. The molecule has 7 nitrogen and oxygen atoms in total. The van der Waals surface area contributed by atoms with Crippen LogP contribution in [0.1, 0.15) is 44.6 Å². The van der Waals surface area contributed by atoms with E-state index in [-0.39, 0.29) is 22.4 Å². The fourth-order valence-electron chi connectivity index (χ4n) is 4.07. The summed E-state index contributed by atoms with van der Waals surface area (Å²) >= 11 is 7.48. The molecule has 0 atom stereocenters. The number of carbonyl (C=O) groups is 2. The van der Waals surface area contributed by atoms with E-state index in [0.717, 1.165) is 10.6 Å². The highest BCUT2D eigenvalue weighted by Crippen LogP contribution is 2.32. The Morgan fingerprint density at radius 1 is 1.17 bits per heavy atom. The molecule has 0 aliphatic carbocycles. The Bertz CT molecular complexity index is 1350. The Morgan fingerprint density at radius 3 is 2.71 bits per heavy atom. The summed E-state index contributed by atoms with van der Waals surface area (Å²) in [6, 6.07) is 11.5. The van der Waals surface area contributed by atoms with Crippen LogP contribution in [-0.2, 0) is 0 Å². The van der Waals surface area contributed by atoms with E-state index in [1.807, 2.05) is 12.1 Å². The first-order valence-electron chi connectivity index (χ1n) is 11.0. The normalized spacial score (nSPS) is 14.2. The summed E-state index contributed by atoms with van der Waals surface area (Å²) < 4.78 is 19.4. The average molecular weight is 511 g/mol. The van der Waals surface area contributed by atoms with E-state index in [9.17, 15) is 14.0 Å². The van der Waals surface area contributed by atoms with Crippen molar-refractivity contribution in [2.75, 3.05) is 18.4 Å². The van der Waals surface area contributed by atoms with Crippen molar-refractivity contribution in [3.8, 4) is 11.3 Å². The minimum Gasteiger partial charge on any atom is -0.444 e. The van der Waals surface area contributed by atoms with Gasteiger partial charge in [0.05, 0.1) is 21.8 Å². The average Bonchev–Trinajstić information content (AvgIpc) is 3.57. The summed E-state index contributed by atoms with van der Waals surface area (Å²) in [6.07, 6.45) is 4.31. The summed E-state index contributed by atoms with van der Waals surface area (Å²) in [5, 5.41) is 5.57. The van der Waals surface area contributed by atoms with Crippen LogP contribution in [0.2, 0.25) is 5.02 Å². The molecule has 3 heterocycles. The van der Waals surface area contributed by atoms with Crippen molar-refractivity contribution in [3.05, 3.63) is 87.5 Å². The topological polar surface area (TPSA) is 88.3 Å². The van der Waals surface area contributed by atoms with Gasteiger partial charge in [0.2, 0.25) is 0 Å². The van der Waals surface area contributed by atoms with E-state index in [2.05, 4.69) is 15.3 Å². The second-order valence-corrected chi connectivity index (χ2v) is 9.43. The van der Waals surface area contributed by atoms with Crippen molar-refractivity contribution >= 4 is 40.4 Å². The van der Waals surface area contributed by atoms with Crippen molar-refractivity contribution in [1.29, 1.82) is 0 Å². The highest BCUT2D eigenvalue weighted by atomic mass is 35.5. The van der Waals surface area contributed by atoms with E-state index >= 15 is 0 Å². The molecule has 35 heavy (non-hydrogen) atoms. The summed E-state index contributed by atoms with van der Waals surface area (Å²) in [6.45, 7) is 0.924. The molecular formula is C25H20ClFN4O3S. The molecule has 4 aromatic rings. The molecule has 0 unspecified atom stereocenters. The van der Waals surface area contributed by atoms with Gasteiger partial charge in [-0.15, -0.1) is 11.3 Å². The van der Waals surface area contributed by atoms with E-state index in [4.69, 9.17) is 16.0 Å². The lowest BCUT2D eigenvalue weighted by molar-refractivity contribution is 0.0708. The van der Waals surface area contributed by atoms with Crippen LogP contribution in [-0.4, -0.2) is 39.8 Å². The number of oxazole rings is 1. The number of carbonyl (C=O) groups excluding carboxylic acids is 2. The number of nitrogens with one attached hydrogen (secondary N) is 1. The molecule has 2 aromatic carbocycles. The number of piperidine rings is 1. The second kappa shape index (κ2) is 9.97. The Balaban J connectivity index is 1.21. The molecule has 2 aromatic heterocycles. The zero-order chi connectivity index (χ0) is 24.4. The maximum absolute atomic E-state index is 14.1. The van der Waals surface area contributed by atoms with Crippen molar-refractivity contribution in [2.45, 2.75) is 18.8 Å². The van der Waals surface area contributed by atoms with Crippen molar-refractivity contribution < 1.29 is 18.4 Å². The lowest BCUT2D eigenvalue weighted by Crippen LogP contribution is -2.38. The Morgan fingerprint density at radius 2 is 1.97 bits per heavy atom. The lowest BCUT2D eigenvalue weighted by Gasteiger charge is -2.31. The molecule has 1 saturated heterocycles. The Labute approximate surface area is 209 Å². The number of hydrogen-bond donors (Lipinski definition) is 1. The zero-order valence-corrected chi connectivity index (χ0v) is 20.0. The largest absolute Gasteiger partial charge is 0.444 e. The van der Waals surface area contributed by atoms with Crippen LogP contribution in [0.25, 0.3) is 11.3 Å². The molecule has 0 radical (unpaired) electrons. The number of aromatic nitrogens is 2. The number of likely N-dealkylation sites (tertiary alicyclic amines) is 1. The predicted octanol–water partition coefficient (Wildman–Crippen LogP) is 5.86. The lowest BCUT2D eigenvalue weighted by atomic mass is 9.97. The van der Waals surface area contributed by atoms with Crippen LogP contribution in [0.5, 0.6) is 0 Å². The second-order valence-electron chi connectivity index (χ2n) is 8.13. The smallest absolute Gasteiger partial charge is 0.275 e. The van der Waals surface area contributed by atoms with Crippen LogP contribution in [0, 0.1) is 5.82 Å². The maximum Gasteiger partial charge on any atom is 0.275 e. The summed E-state index contributed by atoms with van der Waals surface area (Å²) in [5.41, 5.74) is 1.68. The number of anilines is 1. The molecule has 2 amide bonds. The molecule has 10 heteroatoms. The number of amides is 2. The first-order chi connectivity index (χ1) is 17.0.